The zero-order chi connectivity index (χ0) is 13.4. The zero-order valence-corrected chi connectivity index (χ0v) is 13.3. The lowest BCUT2D eigenvalue weighted by Crippen LogP contribution is -2.44. The predicted molar refractivity (Wildman–Crippen MR) is 82.9 cm³/mol. The first-order valence-corrected chi connectivity index (χ1v) is 8.24. The lowest BCUT2D eigenvalue weighted by atomic mass is 9.81. The molecule has 2 aliphatic carbocycles. The quantitative estimate of drug-likeness (QED) is 0.642. The van der Waals surface area contributed by atoms with Gasteiger partial charge in [0.25, 0.3) is 0 Å². The fraction of sp³-hybridized carbons (Fsp3) is 0.600. The average Bonchev–Trinajstić information content (AvgIpc) is 3.00. The third-order valence-corrected chi connectivity index (χ3v) is 5.82. The molecule has 0 aromatic heterocycles. The largest absolute Gasteiger partial charge is 0.271 e. The van der Waals surface area contributed by atoms with Crippen LogP contribution in [0.5, 0.6) is 0 Å². The van der Waals surface area contributed by atoms with Gasteiger partial charge in [0, 0.05) is 15.5 Å². The Kier molecular flexibility index (Phi) is 4.18. The van der Waals surface area contributed by atoms with Crippen LogP contribution < -0.4 is 11.3 Å². The second-order valence-corrected chi connectivity index (χ2v) is 7.37. The van der Waals surface area contributed by atoms with Crippen molar-refractivity contribution in [3.63, 3.8) is 0 Å². The summed E-state index contributed by atoms with van der Waals surface area (Å²) in [6.45, 7) is 0. The smallest absolute Gasteiger partial charge is 0.0449 e. The summed E-state index contributed by atoms with van der Waals surface area (Å²) in [6.07, 6.45) is 6.50. The fourth-order valence-corrected chi connectivity index (χ4v) is 4.80. The highest BCUT2D eigenvalue weighted by Gasteiger charge is 2.42. The van der Waals surface area contributed by atoms with Gasteiger partial charge < -0.3 is 0 Å². The van der Waals surface area contributed by atoms with E-state index in [0.717, 1.165) is 33.7 Å². The third-order valence-electron chi connectivity index (χ3n) is 4.98. The van der Waals surface area contributed by atoms with Crippen LogP contribution in [0.3, 0.4) is 0 Å². The van der Waals surface area contributed by atoms with Crippen molar-refractivity contribution >= 4 is 27.5 Å². The normalized spacial score (nSPS) is 30.8. The van der Waals surface area contributed by atoms with Crippen LogP contribution in [0, 0.1) is 17.8 Å². The molecule has 2 fully saturated rings. The van der Waals surface area contributed by atoms with E-state index >= 15 is 0 Å². The highest BCUT2D eigenvalue weighted by Crippen LogP contribution is 2.49. The first kappa shape index (κ1) is 13.9. The van der Waals surface area contributed by atoms with E-state index in [1.807, 2.05) is 6.07 Å². The van der Waals surface area contributed by atoms with E-state index < -0.39 is 0 Å². The summed E-state index contributed by atoms with van der Waals surface area (Å²) >= 11 is 9.77. The summed E-state index contributed by atoms with van der Waals surface area (Å²) in [4.78, 5) is 0. The van der Waals surface area contributed by atoms with Crippen LogP contribution in [0.1, 0.15) is 31.2 Å². The molecule has 0 heterocycles. The number of rotatable bonds is 4. The number of hydrogen-bond acceptors (Lipinski definition) is 2. The molecular formula is C15H20BrClN2. The molecular weight excluding hydrogens is 324 g/mol. The Labute approximate surface area is 128 Å². The molecule has 4 unspecified atom stereocenters. The molecule has 19 heavy (non-hydrogen) atoms. The molecule has 2 aliphatic rings. The maximum Gasteiger partial charge on any atom is 0.0449 e. The van der Waals surface area contributed by atoms with E-state index in [4.69, 9.17) is 17.4 Å². The first-order valence-electron chi connectivity index (χ1n) is 7.07. The fourth-order valence-electron chi connectivity index (χ4n) is 4.04. The Morgan fingerprint density at radius 3 is 2.79 bits per heavy atom. The molecule has 3 N–H and O–H groups in total. The highest BCUT2D eigenvalue weighted by molar-refractivity contribution is 9.10. The number of benzene rings is 1. The van der Waals surface area contributed by atoms with Gasteiger partial charge >= 0.3 is 0 Å². The van der Waals surface area contributed by atoms with Crippen LogP contribution in [-0.2, 0) is 6.42 Å². The standard InChI is InChI=1S/C15H20BrClN2/c16-12-4-3-11(14(17)8-12)7-15(19-18)13-6-9-1-2-10(13)5-9/h3-4,8-10,13,15,19H,1-2,5-7,18H2. The highest BCUT2D eigenvalue weighted by atomic mass is 79.9. The average molecular weight is 344 g/mol. The van der Waals surface area contributed by atoms with Crippen LogP contribution in [0.4, 0.5) is 0 Å². The van der Waals surface area contributed by atoms with Gasteiger partial charge in [-0.25, -0.2) is 0 Å². The summed E-state index contributed by atoms with van der Waals surface area (Å²) < 4.78 is 1.03. The van der Waals surface area contributed by atoms with E-state index in [-0.39, 0.29) is 0 Å². The lowest BCUT2D eigenvalue weighted by Gasteiger charge is -2.30. The molecule has 2 nitrogen and oxygen atoms in total. The van der Waals surface area contributed by atoms with Gasteiger partial charge in [0.05, 0.1) is 0 Å². The molecule has 1 aromatic carbocycles. The number of halogens is 2. The number of fused-ring (bicyclic) bond motifs is 2. The summed E-state index contributed by atoms with van der Waals surface area (Å²) in [5.74, 6) is 8.36. The van der Waals surface area contributed by atoms with Crippen molar-refractivity contribution in [2.24, 2.45) is 23.6 Å². The maximum absolute atomic E-state index is 6.32. The van der Waals surface area contributed by atoms with Crippen molar-refractivity contribution in [2.75, 3.05) is 0 Å². The van der Waals surface area contributed by atoms with Crippen molar-refractivity contribution < 1.29 is 0 Å². The van der Waals surface area contributed by atoms with Gasteiger partial charge in [-0.2, -0.15) is 0 Å². The number of nitrogens with two attached hydrogens (primary N) is 1. The van der Waals surface area contributed by atoms with Crippen molar-refractivity contribution in [1.82, 2.24) is 5.43 Å². The Morgan fingerprint density at radius 1 is 1.37 bits per heavy atom. The van der Waals surface area contributed by atoms with Gasteiger partial charge in [-0.3, -0.25) is 11.3 Å². The zero-order valence-electron chi connectivity index (χ0n) is 10.9. The van der Waals surface area contributed by atoms with E-state index in [9.17, 15) is 0 Å². The molecule has 2 bridgehead atoms. The maximum atomic E-state index is 6.32. The van der Waals surface area contributed by atoms with Gasteiger partial charge in [0.2, 0.25) is 0 Å². The molecule has 0 saturated heterocycles. The van der Waals surface area contributed by atoms with Crippen molar-refractivity contribution in [3.8, 4) is 0 Å². The van der Waals surface area contributed by atoms with Crippen LogP contribution >= 0.6 is 27.5 Å². The number of nitrogens with one attached hydrogen (secondary N) is 1. The molecule has 3 rings (SSSR count). The summed E-state index contributed by atoms with van der Waals surface area (Å²) in [5.41, 5.74) is 4.24. The Morgan fingerprint density at radius 2 is 2.21 bits per heavy atom. The molecule has 4 atom stereocenters. The van der Waals surface area contributed by atoms with Crippen molar-refractivity contribution in [2.45, 2.75) is 38.1 Å². The van der Waals surface area contributed by atoms with E-state index in [1.54, 1.807) is 0 Å². The molecule has 0 aliphatic heterocycles. The summed E-state index contributed by atoms with van der Waals surface area (Å²) in [6, 6.07) is 6.47. The van der Waals surface area contributed by atoms with Gasteiger partial charge in [-0.1, -0.05) is 40.0 Å². The first-order chi connectivity index (χ1) is 9.17. The Hall–Kier alpha value is -0.0900. The lowest BCUT2D eigenvalue weighted by molar-refractivity contribution is 0.248. The monoisotopic (exact) mass is 342 g/mol. The van der Waals surface area contributed by atoms with Crippen LogP contribution in [0.15, 0.2) is 22.7 Å². The number of hydrazine groups is 1. The molecule has 1 aromatic rings. The molecule has 4 heteroatoms. The van der Waals surface area contributed by atoms with Crippen LogP contribution in [0.25, 0.3) is 0 Å². The van der Waals surface area contributed by atoms with Crippen LogP contribution in [-0.4, -0.2) is 6.04 Å². The van der Waals surface area contributed by atoms with Gasteiger partial charge in [-0.15, -0.1) is 0 Å². The summed E-state index contributed by atoms with van der Waals surface area (Å²) in [7, 11) is 0. The van der Waals surface area contributed by atoms with E-state index in [1.165, 1.54) is 31.2 Å². The van der Waals surface area contributed by atoms with Gasteiger partial charge in [-0.05, 0) is 61.1 Å². The minimum Gasteiger partial charge on any atom is -0.271 e. The molecule has 0 spiro atoms. The Balaban J connectivity index is 1.73. The van der Waals surface area contributed by atoms with E-state index in [0.29, 0.717) is 6.04 Å². The van der Waals surface area contributed by atoms with E-state index in [2.05, 4.69) is 33.5 Å². The minimum atomic E-state index is 0.356. The predicted octanol–water partition coefficient (Wildman–Crippen LogP) is 3.91. The Bertz CT molecular complexity index is 465. The van der Waals surface area contributed by atoms with Gasteiger partial charge in [0.15, 0.2) is 0 Å². The van der Waals surface area contributed by atoms with Crippen molar-refractivity contribution in [3.05, 3.63) is 33.3 Å². The van der Waals surface area contributed by atoms with Gasteiger partial charge in [0.1, 0.15) is 0 Å². The third kappa shape index (κ3) is 2.85. The second kappa shape index (κ2) is 5.72. The molecule has 2 saturated carbocycles. The minimum absolute atomic E-state index is 0.356. The second-order valence-electron chi connectivity index (χ2n) is 6.05. The SMILES string of the molecule is NNC(Cc1ccc(Br)cc1Cl)C1CC2CCC1C2. The number of hydrogen-bond donors (Lipinski definition) is 2. The topological polar surface area (TPSA) is 38.0 Å². The van der Waals surface area contributed by atoms with Crippen LogP contribution in [0.2, 0.25) is 5.02 Å². The molecule has 104 valence electrons. The molecule has 0 amide bonds. The molecule has 0 radical (unpaired) electrons. The van der Waals surface area contributed by atoms with Crippen molar-refractivity contribution in [1.29, 1.82) is 0 Å². The summed E-state index contributed by atoms with van der Waals surface area (Å²) in [5, 5.41) is 0.831.